The summed E-state index contributed by atoms with van der Waals surface area (Å²) in [4.78, 5) is 0. The van der Waals surface area contributed by atoms with E-state index in [-0.39, 0.29) is 5.82 Å². The molecule has 0 bridgehead atoms. The van der Waals surface area contributed by atoms with Gasteiger partial charge in [0.2, 0.25) is 0 Å². The van der Waals surface area contributed by atoms with Crippen LogP contribution in [0.1, 0.15) is 18.4 Å². The van der Waals surface area contributed by atoms with E-state index in [1.54, 1.807) is 12.1 Å². The minimum Gasteiger partial charge on any atom is -0.309 e. The standard InChI is InChI=1S/C12H15ClFNS/c13-10-4-3-9(12(14)6-10)7-15-11-2-1-5-16-8-11/h3-4,6,11,15H,1-2,5,7-8H2. The minimum atomic E-state index is -0.219. The zero-order chi connectivity index (χ0) is 11.4. The summed E-state index contributed by atoms with van der Waals surface area (Å²) in [5, 5.41) is 3.85. The summed E-state index contributed by atoms with van der Waals surface area (Å²) >= 11 is 7.67. The number of hydrogen-bond acceptors (Lipinski definition) is 2. The topological polar surface area (TPSA) is 12.0 Å². The summed E-state index contributed by atoms with van der Waals surface area (Å²) in [5.74, 6) is 2.17. The molecule has 88 valence electrons. The van der Waals surface area contributed by atoms with Crippen LogP contribution in [0.15, 0.2) is 18.2 Å². The fourth-order valence-corrected chi connectivity index (χ4v) is 3.09. The SMILES string of the molecule is Fc1cc(Cl)ccc1CNC1CCCSC1. The lowest BCUT2D eigenvalue weighted by Gasteiger charge is -2.22. The molecule has 1 aromatic rings. The molecule has 16 heavy (non-hydrogen) atoms. The van der Waals surface area contributed by atoms with Crippen LogP contribution in [0.3, 0.4) is 0 Å². The summed E-state index contributed by atoms with van der Waals surface area (Å²) < 4.78 is 13.5. The van der Waals surface area contributed by atoms with E-state index in [1.165, 1.54) is 24.7 Å². The highest BCUT2D eigenvalue weighted by atomic mass is 35.5. The maximum atomic E-state index is 13.5. The molecule has 1 unspecified atom stereocenters. The van der Waals surface area contributed by atoms with Gasteiger partial charge in [-0.2, -0.15) is 11.8 Å². The Hall–Kier alpha value is -0.250. The smallest absolute Gasteiger partial charge is 0.129 e. The third kappa shape index (κ3) is 3.37. The predicted molar refractivity (Wildman–Crippen MR) is 68.6 cm³/mol. The first-order valence-electron chi connectivity index (χ1n) is 5.51. The van der Waals surface area contributed by atoms with Crippen LogP contribution >= 0.6 is 23.4 Å². The molecule has 1 aliphatic heterocycles. The molecule has 0 amide bonds. The van der Waals surface area contributed by atoms with Crippen molar-refractivity contribution in [2.75, 3.05) is 11.5 Å². The molecule has 0 saturated carbocycles. The molecule has 0 radical (unpaired) electrons. The third-order valence-corrected chi connectivity index (χ3v) is 4.21. The van der Waals surface area contributed by atoms with Crippen molar-refractivity contribution >= 4 is 23.4 Å². The Morgan fingerprint density at radius 1 is 1.50 bits per heavy atom. The summed E-state index contributed by atoms with van der Waals surface area (Å²) in [6.45, 7) is 0.591. The Labute approximate surface area is 105 Å². The van der Waals surface area contributed by atoms with E-state index in [2.05, 4.69) is 5.32 Å². The van der Waals surface area contributed by atoms with Crippen LogP contribution in [-0.4, -0.2) is 17.5 Å². The zero-order valence-corrected chi connectivity index (χ0v) is 10.6. The van der Waals surface area contributed by atoms with E-state index in [0.717, 1.165) is 5.75 Å². The third-order valence-electron chi connectivity index (χ3n) is 2.76. The second-order valence-electron chi connectivity index (χ2n) is 4.03. The van der Waals surface area contributed by atoms with Crippen molar-refractivity contribution in [2.45, 2.75) is 25.4 Å². The van der Waals surface area contributed by atoms with E-state index in [4.69, 9.17) is 11.6 Å². The van der Waals surface area contributed by atoms with Gasteiger partial charge in [0.25, 0.3) is 0 Å². The normalized spacial score (nSPS) is 21.0. The van der Waals surface area contributed by atoms with Crippen molar-refractivity contribution in [3.8, 4) is 0 Å². The summed E-state index contributed by atoms with van der Waals surface area (Å²) in [6.07, 6.45) is 2.45. The van der Waals surface area contributed by atoms with Gasteiger partial charge in [0.15, 0.2) is 0 Å². The van der Waals surface area contributed by atoms with Crippen molar-refractivity contribution in [1.29, 1.82) is 0 Å². The van der Waals surface area contributed by atoms with Gasteiger partial charge in [-0.05, 0) is 30.7 Å². The Bertz CT molecular complexity index is 353. The number of rotatable bonds is 3. The average molecular weight is 260 g/mol. The molecule has 2 rings (SSSR count). The lowest BCUT2D eigenvalue weighted by molar-refractivity contribution is 0.496. The van der Waals surface area contributed by atoms with Gasteiger partial charge in [-0.3, -0.25) is 0 Å². The fourth-order valence-electron chi connectivity index (χ4n) is 1.82. The van der Waals surface area contributed by atoms with Crippen molar-refractivity contribution < 1.29 is 4.39 Å². The highest BCUT2D eigenvalue weighted by molar-refractivity contribution is 7.99. The predicted octanol–water partition coefficient (Wildman–Crippen LogP) is 3.46. The molecule has 1 aromatic carbocycles. The lowest BCUT2D eigenvalue weighted by Crippen LogP contribution is -2.33. The van der Waals surface area contributed by atoms with Crippen LogP contribution in [0.2, 0.25) is 5.02 Å². The maximum Gasteiger partial charge on any atom is 0.129 e. The van der Waals surface area contributed by atoms with Crippen LogP contribution in [0.5, 0.6) is 0 Å². The van der Waals surface area contributed by atoms with Crippen LogP contribution in [0.25, 0.3) is 0 Å². The molecule has 1 aliphatic rings. The van der Waals surface area contributed by atoms with E-state index >= 15 is 0 Å². The molecule has 1 saturated heterocycles. The van der Waals surface area contributed by atoms with Gasteiger partial charge in [-0.1, -0.05) is 17.7 Å². The molecule has 0 aliphatic carbocycles. The van der Waals surface area contributed by atoms with Gasteiger partial charge >= 0.3 is 0 Å². The molecule has 0 spiro atoms. The first kappa shape index (κ1) is 12.2. The van der Waals surface area contributed by atoms with Crippen molar-refractivity contribution in [2.24, 2.45) is 0 Å². The minimum absolute atomic E-state index is 0.219. The first-order valence-corrected chi connectivity index (χ1v) is 7.04. The maximum absolute atomic E-state index is 13.5. The summed E-state index contributed by atoms with van der Waals surface area (Å²) in [6, 6.07) is 5.38. The zero-order valence-electron chi connectivity index (χ0n) is 9.01. The van der Waals surface area contributed by atoms with Crippen LogP contribution in [-0.2, 0) is 6.54 Å². The Kier molecular flexibility index (Phi) is 4.50. The van der Waals surface area contributed by atoms with Gasteiger partial charge in [-0.15, -0.1) is 0 Å². The van der Waals surface area contributed by atoms with Gasteiger partial charge in [0.1, 0.15) is 5.82 Å². The largest absolute Gasteiger partial charge is 0.309 e. The molecule has 4 heteroatoms. The van der Waals surface area contributed by atoms with Crippen LogP contribution in [0.4, 0.5) is 4.39 Å². The lowest BCUT2D eigenvalue weighted by atomic mass is 10.1. The van der Waals surface area contributed by atoms with E-state index < -0.39 is 0 Å². The van der Waals surface area contributed by atoms with Crippen molar-refractivity contribution in [1.82, 2.24) is 5.32 Å². The summed E-state index contributed by atoms with van der Waals surface area (Å²) in [7, 11) is 0. The summed E-state index contributed by atoms with van der Waals surface area (Å²) in [5.41, 5.74) is 0.694. The van der Waals surface area contributed by atoms with Crippen LogP contribution in [0, 0.1) is 5.82 Å². The van der Waals surface area contributed by atoms with E-state index in [9.17, 15) is 4.39 Å². The quantitative estimate of drug-likeness (QED) is 0.892. The van der Waals surface area contributed by atoms with Gasteiger partial charge in [0, 0.05) is 28.9 Å². The highest BCUT2D eigenvalue weighted by Gasteiger charge is 2.13. The molecular weight excluding hydrogens is 245 g/mol. The number of thioether (sulfide) groups is 1. The van der Waals surface area contributed by atoms with Gasteiger partial charge in [-0.25, -0.2) is 4.39 Å². The van der Waals surface area contributed by atoms with E-state index in [0.29, 0.717) is 23.2 Å². The van der Waals surface area contributed by atoms with Gasteiger partial charge in [0.05, 0.1) is 0 Å². The monoisotopic (exact) mass is 259 g/mol. The average Bonchev–Trinajstić information content (AvgIpc) is 2.29. The number of nitrogens with one attached hydrogen (secondary N) is 1. The second kappa shape index (κ2) is 5.89. The molecular formula is C12H15ClFNS. The molecule has 1 atom stereocenters. The first-order chi connectivity index (χ1) is 7.75. The molecule has 1 heterocycles. The number of halogens is 2. The number of benzene rings is 1. The fraction of sp³-hybridized carbons (Fsp3) is 0.500. The molecule has 1 fully saturated rings. The Morgan fingerprint density at radius 2 is 2.38 bits per heavy atom. The van der Waals surface area contributed by atoms with Crippen molar-refractivity contribution in [3.63, 3.8) is 0 Å². The van der Waals surface area contributed by atoms with E-state index in [1.807, 2.05) is 11.8 Å². The highest BCUT2D eigenvalue weighted by Crippen LogP contribution is 2.18. The Morgan fingerprint density at radius 3 is 3.06 bits per heavy atom. The molecule has 1 N–H and O–H groups in total. The van der Waals surface area contributed by atoms with Gasteiger partial charge < -0.3 is 5.32 Å². The molecule has 1 nitrogen and oxygen atoms in total. The van der Waals surface area contributed by atoms with Crippen LogP contribution < -0.4 is 5.32 Å². The number of hydrogen-bond donors (Lipinski definition) is 1. The van der Waals surface area contributed by atoms with Crippen molar-refractivity contribution in [3.05, 3.63) is 34.6 Å². The second-order valence-corrected chi connectivity index (χ2v) is 5.62. The molecule has 0 aromatic heterocycles. The Balaban J connectivity index is 1.88.